The molecule has 2 rings (SSSR count). The van der Waals surface area contributed by atoms with Gasteiger partial charge in [-0.05, 0) is 41.8 Å². The molecule has 0 atom stereocenters. The van der Waals surface area contributed by atoms with Crippen LogP contribution in [0.25, 0.3) is 11.2 Å². The molecule has 0 heterocycles. The van der Waals surface area contributed by atoms with Crippen molar-refractivity contribution in [1.82, 2.24) is 0 Å². The van der Waals surface area contributed by atoms with E-state index in [1.54, 1.807) is 37.4 Å². The summed E-state index contributed by atoms with van der Waals surface area (Å²) in [5.74, 6) is 7.94. The number of carbonyl (C=O) groups is 1. The molecule has 0 saturated carbocycles. The van der Waals surface area contributed by atoms with Gasteiger partial charge in [-0.3, -0.25) is 5.32 Å². The smallest absolute Gasteiger partial charge is 0.731 e. The molecule has 0 bridgehead atoms. The van der Waals surface area contributed by atoms with E-state index < -0.39 is 6.09 Å². The van der Waals surface area contributed by atoms with Crippen LogP contribution in [-0.4, -0.2) is 19.0 Å². The zero-order valence-corrected chi connectivity index (χ0v) is 14.3. The van der Waals surface area contributed by atoms with E-state index in [0.717, 1.165) is 12.0 Å². The van der Waals surface area contributed by atoms with Gasteiger partial charge >= 0.3 is 22.6 Å². The molecule has 2 aromatic rings. The van der Waals surface area contributed by atoms with Gasteiger partial charge in [-0.25, -0.2) is 4.79 Å². The summed E-state index contributed by atoms with van der Waals surface area (Å²) in [6.07, 6.45) is 0.207. The summed E-state index contributed by atoms with van der Waals surface area (Å²) in [4.78, 5) is 12.0. The molecule has 0 unspecified atom stereocenters. The maximum atomic E-state index is 12.0. The Morgan fingerprint density at radius 2 is 1.96 bits per heavy atom. The van der Waals surface area contributed by atoms with Gasteiger partial charge < -0.3 is 21.0 Å². The zero-order chi connectivity index (χ0) is 16.7. The number of para-hydroxylation sites is 1. The van der Waals surface area contributed by atoms with Crippen molar-refractivity contribution in [2.45, 2.75) is 13.3 Å². The topological polar surface area (TPSA) is 88.6 Å². The quantitative estimate of drug-likeness (QED) is 0.370. The van der Waals surface area contributed by atoms with Gasteiger partial charge in [0.2, 0.25) is 0 Å². The summed E-state index contributed by atoms with van der Waals surface area (Å²) in [7, 11) is 1.57. The number of nitrogens with zero attached hydrogens (tertiary/aromatic N) is 2. The number of amidine groups is 1. The third kappa shape index (κ3) is 5.28. The first-order chi connectivity index (χ1) is 11.2. The fourth-order valence-electron chi connectivity index (χ4n) is 2.08. The van der Waals surface area contributed by atoms with Crippen LogP contribution in [0.3, 0.4) is 0 Å². The number of amides is 1. The van der Waals surface area contributed by atoms with Crippen LogP contribution < -0.4 is 10.1 Å². The molecule has 0 fully saturated rings. The Balaban J connectivity index is 0.00000288. The number of hydrogen-bond donors (Lipinski definition) is 1. The fraction of sp³-hybridized carbons (Fsp3) is 0.176. The van der Waals surface area contributed by atoms with E-state index >= 15 is 0 Å². The van der Waals surface area contributed by atoms with Crippen molar-refractivity contribution in [1.29, 1.82) is 0 Å². The molecule has 0 aromatic heterocycles. The molecule has 0 aliphatic carbocycles. The van der Waals surface area contributed by atoms with Gasteiger partial charge in [0.1, 0.15) is 5.75 Å². The molecule has 128 valence electrons. The Bertz CT molecular complexity index is 705. The Kier molecular flexibility index (Phi) is 7.79. The molecular weight excluding hydrogens is 351 g/mol. The van der Waals surface area contributed by atoms with Crippen LogP contribution in [0.4, 0.5) is 10.5 Å². The van der Waals surface area contributed by atoms with Crippen LogP contribution in [-0.2, 0) is 22.9 Å². The molecule has 24 heavy (non-hydrogen) atoms. The SMILES string of the molecule is CCc1cc(NC(=O)Oc2ccccc2)cc(/C(=N/[NH-])[N-]C)c1.[Ni+2]. The van der Waals surface area contributed by atoms with Crippen molar-refractivity contribution in [3.8, 4) is 5.75 Å². The van der Waals surface area contributed by atoms with Gasteiger partial charge in [-0.15, -0.1) is 0 Å². The first kappa shape index (κ1) is 19.5. The van der Waals surface area contributed by atoms with Crippen LogP contribution in [0.1, 0.15) is 18.1 Å². The normalized spacial score (nSPS) is 10.5. The second kappa shape index (κ2) is 9.58. The van der Waals surface area contributed by atoms with Crippen LogP contribution in [0, 0.1) is 0 Å². The first-order valence-corrected chi connectivity index (χ1v) is 7.18. The largest absolute Gasteiger partial charge is 2.00 e. The average Bonchev–Trinajstić information content (AvgIpc) is 2.56. The third-order valence-corrected chi connectivity index (χ3v) is 3.18. The average molecular weight is 369 g/mol. The zero-order valence-electron chi connectivity index (χ0n) is 13.4. The Hall–Kier alpha value is -2.53. The second-order valence-electron chi connectivity index (χ2n) is 4.76. The minimum absolute atomic E-state index is 0. The van der Waals surface area contributed by atoms with Crippen LogP contribution in [0.5, 0.6) is 5.75 Å². The van der Waals surface area contributed by atoms with Crippen molar-refractivity contribution >= 4 is 17.6 Å². The van der Waals surface area contributed by atoms with E-state index in [9.17, 15) is 4.79 Å². The molecule has 0 saturated heterocycles. The van der Waals surface area contributed by atoms with E-state index in [4.69, 9.17) is 10.6 Å². The second-order valence-corrected chi connectivity index (χ2v) is 4.76. The van der Waals surface area contributed by atoms with Gasteiger partial charge in [0, 0.05) is 5.69 Å². The summed E-state index contributed by atoms with van der Waals surface area (Å²) in [6.45, 7) is 2.01. The van der Waals surface area contributed by atoms with E-state index in [0.29, 0.717) is 22.8 Å². The van der Waals surface area contributed by atoms with Gasteiger partial charge in [-0.2, -0.15) is 0 Å². The molecule has 0 aliphatic heterocycles. The monoisotopic (exact) mass is 368 g/mol. The number of rotatable bonds is 4. The number of benzene rings is 2. The van der Waals surface area contributed by atoms with E-state index in [-0.39, 0.29) is 16.5 Å². The molecule has 7 heteroatoms. The number of hydrogen-bond acceptors (Lipinski definition) is 3. The van der Waals surface area contributed by atoms with Crippen LogP contribution >= 0.6 is 0 Å². The number of nitrogens with one attached hydrogen (secondary N) is 2. The third-order valence-electron chi connectivity index (χ3n) is 3.18. The summed E-state index contributed by atoms with van der Waals surface area (Å²) in [5.41, 5.74) is 2.25. The van der Waals surface area contributed by atoms with Gasteiger partial charge in [0.15, 0.2) is 0 Å². The summed E-state index contributed by atoms with van der Waals surface area (Å²) < 4.78 is 5.20. The molecule has 0 spiro atoms. The number of aryl methyl sites for hydroxylation is 1. The molecular formula is C17H18N4NiO2. The molecule has 0 aliphatic rings. The van der Waals surface area contributed by atoms with Gasteiger partial charge in [-0.1, -0.05) is 44.1 Å². The van der Waals surface area contributed by atoms with E-state index in [1.807, 2.05) is 25.1 Å². The number of anilines is 1. The maximum Gasteiger partial charge on any atom is 2.00 e. The molecule has 2 N–H and O–H groups in total. The van der Waals surface area contributed by atoms with Crippen molar-refractivity contribution < 1.29 is 26.0 Å². The van der Waals surface area contributed by atoms with E-state index in [1.165, 1.54) is 0 Å². The van der Waals surface area contributed by atoms with Gasteiger partial charge in [0.25, 0.3) is 0 Å². The van der Waals surface area contributed by atoms with Crippen molar-refractivity contribution in [2.75, 3.05) is 12.4 Å². The summed E-state index contributed by atoms with van der Waals surface area (Å²) in [5, 5.41) is 10.0. The van der Waals surface area contributed by atoms with Crippen LogP contribution in [0.15, 0.2) is 53.6 Å². The van der Waals surface area contributed by atoms with Crippen molar-refractivity contribution in [3.05, 3.63) is 70.8 Å². The van der Waals surface area contributed by atoms with E-state index in [2.05, 4.69) is 15.7 Å². The Labute approximate surface area is 151 Å². The molecule has 1 amide bonds. The minimum atomic E-state index is -0.576. The first-order valence-electron chi connectivity index (χ1n) is 7.18. The Morgan fingerprint density at radius 1 is 1.25 bits per heavy atom. The number of carbonyl (C=O) groups excluding carboxylic acids is 1. The molecule has 0 radical (unpaired) electrons. The predicted octanol–water partition coefficient (Wildman–Crippen LogP) is 4.57. The standard InChI is InChI=1S/C17H19N4O2.Ni/c1-3-12-9-13(16(19-2)21-18)11-14(10-12)20-17(22)23-15-7-5-4-6-8-15;/h4-11,18H,3H2,1-2H3,(H2,19,20,21,22);/q-1;+2/p-1. The van der Waals surface area contributed by atoms with Crippen molar-refractivity contribution in [2.24, 2.45) is 5.10 Å². The van der Waals surface area contributed by atoms with Gasteiger partial charge in [0.05, 0.1) is 0 Å². The fourth-order valence-corrected chi connectivity index (χ4v) is 2.08. The predicted molar refractivity (Wildman–Crippen MR) is 92.1 cm³/mol. The maximum absolute atomic E-state index is 12.0. The Morgan fingerprint density at radius 3 is 2.54 bits per heavy atom. The minimum Gasteiger partial charge on any atom is -0.731 e. The van der Waals surface area contributed by atoms with Crippen LogP contribution in [0.2, 0.25) is 0 Å². The molecule has 2 aromatic carbocycles. The number of ether oxygens (including phenoxy) is 1. The summed E-state index contributed by atoms with van der Waals surface area (Å²) in [6, 6.07) is 14.3. The summed E-state index contributed by atoms with van der Waals surface area (Å²) >= 11 is 0. The van der Waals surface area contributed by atoms with Crippen molar-refractivity contribution in [3.63, 3.8) is 0 Å². The molecule has 6 nitrogen and oxygen atoms in total.